The summed E-state index contributed by atoms with van der Waals surface area (Å²) in [6.45, 7) is 6.71. The molecule has 1 saturated heterocycles. The van der Waals surface area contributed by atoms with E-state index in [1.807, 2.05) is 36.0 Å². The molecule has 2 aliphatic rings. The summed E-state index contributed by atoms with van der Waals surface area (Å²) >= 11 is 2.01. The lowest BCUT2D eigenvalue weighted by molar-refractivity contribution is -0.386. The van der Waals surface area contributed by atoms with E-state index in [9.17, 15) is 14.9 Å². The fourth-order valence-electron chi connectivity index (χ4n) is 5.06. The Labute approximate surface area is 192 Å². The average Bonchev–Trinajstić information content (AvgIpc) is 3.38. The first-order chi connectivity index (χ1) is 15.4. The minimum Gasteiger partial charge on any atom is -0.350 e. The Morgan fingerprint density at radius 3 is 2.44 bits per heavy atom. The molecule has 0 spiro atoms. The zero-order chi connectivity index (χ0) is 22.7. The molecule has 0 unspecified atom stereocenters. The Hall–Kier alpha value is -2.39. The summed E-state index contributed by atoms with van der Waals surface area (Å²) in [6, 6.07) is 7.43. The van der Waals surface area contributed by atoms with Crippen LogP contribution in [0.15, 0.2) is 24.3 Å². The largest absolute Gasteiger partial charge is 0.350 e. The monoisotopic (exact) mass is 457 g/mol. The smallest absolute Gasteiger partial charge is 0.312 e. The van der Waals surface area contributed by atoms with Crippen molar-refractivity contribution in [2.75, 3.05) is 31.1 Å². The maximum Gasteiger partial charge on any atom is 0.312 e. The molecular weight excluding hydrogens is 426 g/mol. The second-order valence-corrected chi connectivity index (χ2v) is 10.1. The zero-order valence-corrected chi connectivity index (χ0v) is 19.6. The highest BCUT2D eigenvalue weighted by molar-refractivity contribution is 7.99. The van der Waals surface area contributed by atoms with Gasteiger partial charge in [-0.25, -0.2) is 0 Å². The molecule has 2 fully saturated rings. The van der Waals surface area contributed by atoms with Crippen molar-refractivity contribution < 1.29 is 9.72 Å². The van der Waals surface area contributed by atoms with Gasteiger partial charge in [-0.1, -0.05) is 25.0 Å². The molecule has 2 aromatic rings. The molecule has 9 heteroatoms. The van der Waals surface area contributed by atoms with E-state index >= 15 is 0 Å². The van der Waals surface area contributed by atoms with Gasteiger partial charge < -0.3 is 5.32 Å². The zero-order valence-electron chi connectivity index (χ0n) is 18.8. The number of aryl methyl sites for hydroxylation is 1. The first-order valence-corrected chi connectivity index (χ1v) is 12.4. The van der Waals surface area contributed by atoms with Gasteiger partial charge in [0.2, 0.25) is 0 Å². The number of benzene rings is 1. The van der Waals surface area contributed by atoms with E-state index in [4.69, 9.17) is 0 Å². The van der Waals surface area contributed by atoms with E-state index in [0.717, 1.165) is 31.5 Å². The SMILES string of the molecule is Cc1nn(Cc2ccc(C(=O)NCC3(N4CCSCC4)CCCC3)cc2)c(C)c1[N+](=O)[O-]. The highest BCUT2D eigenvalue weighted by atomic mass is 32.2. The van der Waals surface area contributed by atoms with Crippen LogP contribution in [0.4, 0.5) is 5.69 Å². The molecule has 2 heterocycles. The number of thioether (sulfide) groups is 1. The van der Waals surface area contributed by atoms with Gasteiger partial charge >= 0.3 is 5.69 Å². The van der Waals surface area contributed by atoms with E-state index in [1.165, 1.54) is 24.3 Å². The number of rotatable bonds is 7. The third-order valence-electron chi connectivity index (χ3n) is 6.87. The second-order valence-electron chi connectivity index (χ2n) is 8.84. The van der Waals surface area contributed by atoms with Crippen molar-refractivity contribution in [3.05, 3.63) is 56.9 Å². The highest BCUT2D eigenvalue weighted by Crippen LogP contribution is 2.36. The first-order valence-electron chi connectivity index (χ1n) is 11.3. The molecule has 1 aliphatic heterocycles. The van der Waals surface area contributed by atoms with Gasteiger partial charge in [0.15, 0.2) is 0 Å². The Morgan fingerprint density at radius 1 is 1.19 bits per heavy atom. The van der Waals surface area contributed by atoms with Crippen molar-refractivity contribution in [2.24, 2.45) is 0 Å². The third kappa shape index (κ3) is 4.68. The summed E-state index contributed by atoms with van der Waals surface area (Å²) < 4.78 is 1.64. The lowest BCUT2D eigenvalue weighted by Gasteiger charge is -2.43. The molecule has 0 radical (unpaired) electrons. The van der Waals surface area contributed by atoms with E-state index < -0.39 is 0 Å². The van der Waals surface area contributed by atoms with Gasteiger partial charge in [-0.05, 0) is 44.4 Å². The Balaban J connectivity index is 1.39. The van der Waals surface area contributed by atoms with Crippen LogP contribution in [-0.2, 0) is 6.54 Å². The van der Waals surface area contributed by atoms with Crippen molar-refractivity contribution >= 4 is 23.4 Å². The summed E-state index contributed by atoms with van der Waals surface area (Å²) in [5, 5.41) is 18.7. The van der Waals surface area contributed by atoms with E-state index in [2.05, 4.69) is 15.3 Å². The molecule has 32 heavy (non-hydrogen) atoms. The van der Waals surface area contributed by atoms with Crippen LogP contribution in [0.5, 0.6) is 0 Å². The van der Waals surface area contributed by atoms with Crippen LogP contribution < -0.4 is 5.32 Å². The average molecular weight is 458 g/mol. The van der Waals surface area contributed by atoms with Gasteiger partial charge in [0.05, 0.1) is 11.5 Å². The number of nitrogens with zero attached hydrogens (tertiary/aromatic N) is 4. The predicted molar refractivity (Wildman–Crippen MR) is 126 cm³/mol. The second kappa shape index (κ2) is 9.62. The highest BCUT2D eigenvalue weighted by Gasteiger charge is 2.40. The Kier molecular flexibility index (Phi) is 6.85. The predicted octanol–water partition coefficient (Wildman–Crippen LogP) is 3.55. The van der Waals surface area contributed by atoms with Crippen molar-refractivity contribution in [1.82, 2.24) is 20.0 Å². The van der Waals surface area contributed by atoms with Gasteiger partial charge in [0, 0.05) is 42.2 Å². The summed E-state index contributed by atoms with van der Waals surface area (Å²) in [5.41, 5.74) is 2.70. The molecule has 4 rings (SSSR count). The number of hydrogen-bond donors (Lipinski definition) is 1. The number of carbonyl (C=O) groups is 1. The molecule has 1 saturated carbocycles. The summed E-state index contributed by atoms with van der Waals surface area (Å²) in [4.78, 5) is 26.3. The third-order valence-corrected chi connectivity index (χ3v) is 7.81. The fraction of sp³-hybridized carbons (Fsp3) is 0.565. The number of amides is 1. The number of nitrogens with one attached hydrogen (secondary N) is 1. The summed E-state index contributed by atoms with van der Waals surface area (Å²) in [5.74, 6) is 2.31. The molecule has 0 bridgehead atoms. The molecule has 1 aromatic carbocycles. The van der Waals surface area contributed by atoms with E-state index in [-0.39, 0.29) is 22.1 Å². The van der Waals surface area contributed by atoms with Crippen LogP contribution >= 0.6 is 11.8 Å². The van der Waals surface area contributed by atoms with Crippen LogP contribution in [0.1, 0.15) is 53.0 Å². The van der Waals surface area contributed by atoms with Crippen LogP contribution in [0.25, 0.3) is 0 Å². The maximum atomic E-state index is 12.8. The minimum atomic E-state index is -0.387. The minimum absolute atomic E-state index is 0.0454. The standard InChI is InChI=1S/C23H31N5O3S/c1-17-21(28(30)31)18(2)27(25-17)15-19-5-7-20(8-6-19)22(29)24-16-23(9-3-4-10-23)26-11-13-32-14-12-26/h5-8H,3-4,9-16H2,1-2H3,(H,24,29). The molecule has 172 valence electrons. The van der Waals surface area contributed by atoms with Crippen molar-refractivity contribution in [2.45, 2.75) is 51.6 Å². The van der Waals surface area contributed by atoms with Crippen molar-refractivity contribution in [1.29, 1.82) is 0 Å². The van der Waals surface area contributed by atoms with Gasteiger partial charge in [-0.2, -0.15) is 16.9 Å². The number of aromatic nitrogens is 2. The molecule has 1 amide bonds. The molecule has 8 nitrogen and oxygen atoms in total. The topological polar surface area (TPSA) is 93.3 Å². The Bertz CT molecular complexity index is 976. The first kappa shape index (κ1) is 22.8. The lowest BCUT2D eigenvalue weighted by Crippen LogP contribution is -2.56. The molecule has 1 aliphatic carbocycles. The summed E-state index contributed by atoms with van der Waals surface area (Å²) in [7, 11) is 0. The van der Waals surface area contributed by atoms with E-state index in [0.29, 0.717) is 30.0 Å². The van der Waals surface area contributed by atoms with E-state index in [1.54, 1.807) is 18.5 Å². The number of nitro groups is 1. The quantitative estimate of drug-likeness (QED) is 0.505. The van der Waals surface area contributed by atoms with Crippen LogP contribution in [0, 0.1) is 24.0 Å². The normalized spacial score (nSPS) is 18.6. The lowest BCUT2D eigenvalue weighted by atomic mass is 9.94. The number of hydrogen-bond acceptors (Lipinski definition) is 6. The molecular formula is C23H31N5O3S. The van der Waals surface area contributed by atoms with Crippen molar-refractivity contribution in [3.8, 4) is 0 Å². The van der Waals surface area contributed by atoms with Crippen LogP contribution in [-0.4, -0.2) is 62.2 Å². The fourth-order valence-corrected chi connectivity index (χ4v) is 5.97. The van der Waals surface area contributed by atoms with Gasteiger partial charge in [0.25, 0.3) is 5.91 Å². The molecule has 1 N–H and O–H groups in total. The maximum absolute atomic E-state index is 12.8. The van der Waals surface area contributed by atoms with Crippen molar-refractivity contribution in [3.63, 3.8) is 0 Å². The molecule has 0 atom stereocenters. The van der Waals surface area contributed by atoms with Crippen LogP contribution in [0.2, 0.25) is 0 Å². The van der Waals surface area contributed by atoms with Gasteiger partial charge in [0.1, 0.15) is 11.4 Å². The Morgan fingerprint density at radius 2 is 1.84 bits per heavy atom. The van der Waals surface area contributed by atoms with Gasteiger partial charge in [-0.3, -0.25) is 24.5 Å². The summed E-state index contributed by atoms with van der Waals surface area (Å²) in [6.07, 6.45) is 4.79. The van der Waals surface area contributed by atoms with Gasteiger partial charge in [-0.15, -0.1) is 0 Å². The van der Waals surface area contributed by atoms with Crippen LogP contribution in [0.3, 0.4) is 0 Å². The number of carbonyl (C=O) groups excluding carboxylic acids is 1. The molecule has 1 aromatic heterocycles.